The zero-order valence-electron chi connectivity index (χ0n) is 18.2. The van der Waals surface area contributed by atoms with Crippen LogP contribution in [0.4, 0.5) is 18.0 Å². The standard InChI is InChI=1S/C22H23F3N4O4S/c1-16(18-4-6-19(7-5-18)33-15-22(23,24)25)27-21(30)28-10-12-29(13-11-28)34(31,32)20-8-2-17(14-26)3-9-20/h2-9,16H,10-13,15H2,1H3,(H,27,30). The fourth-order valence-corrected chi connectivity index (χ4v) is 4.78. The molecule has 2 aromatic carbocycles. The molecule has 182 valence electrons. The number of halogens is 3. The molecule has 1 N–H and O–H groups in total. The SMILES string of the molecule is CC(NC(=O)N1CCN(S(=O)(=O)c2ccc(C#N)cc2)CC1)c1ccc(OCC(F)(F)F)cc1. The fraction of sp³-hybridized carbons (Fsp3) is 0.364. The second-order valence-electron chi connectivity index (χ2n) is 7.67. The lowest BCUT2D eigenvalue weighted by molar-refractivity contribution is -0.153. The van der Waals surface area contributed by atoms with E-state index in [1.807, 2.05) is 6.07 Å². The first-order chi connectivity index (χ1) is 16.0. The van der Waals surface area contributed by atoms with Crippen LogP contribution < -0.4 is 10.1 Å². The van der Waals surface area contributed by atoms with E-state index in [0.29, 0.717) is 11.1 Å². The Balaban J connectivity index is 1.52. The van der Waals surface area contributed by atoms with E-state index in [-0.39, 0.29) is 42.9 Å². The third-order valence-electron chi connectivity index (χ3n) is 5.27. The van der Waals surface area contributed by atoms with Gasteiger partial charge in [0, 0.05) is 26.2 Å². The summed E-state index contributed by atoms with van der Waals surface area (Å²) in [6.07, 6.45) is -4.43. The van der Waals surface area contributed by atoms with Gasteiger partial charge in [0.1, 0.15) is 5.75 Å². The Labute approximate surface area is 195 Å². The quantitative estimate of drug-likeness (QED) is 0.661. The summed E-state index contributed by atoms with van der Waals surface area (Å²) < 4.78 is 68.3. The van der Waals surface area contributed by atoms with Gasteiger partial charge < -0.3 is 15.0 Å². The lowest BCUT2D eigenvalue weighted by Crippen LogP contribution is -2.53. The minimum atomic E-state index is -4.43. The lowest BCUT2D eigenvalue weighted by atomic mass is 10.1. The number of benzene rings is 2. The molecule has 1 aliphatic heterocycles. The summed E-state index contributed by atoms with van der Waals surface area (Å²) in [6.45, 7) is 0.974. The molecule has 1 aliphatic rings. The Bertz CT molecular complexity index is 1140. The molecule has 2 amide bonds. The number of piperazine rings is 1. The highest BCUT2D eigenvalue weighted by molar-refractivity contribution is 7.89. The van der Waals surface area contributed by atoms with Gasteiger partial charge in [0.15, 0.2) is 6.61 Å². The van der Waals surface area contributed by atoms with Crippen molar-refractivity contribution in [1.82, 2.24) is 14.5 Å². The number of nitriles is 1. The van der Waals surface area contributed by atoms with Gasteiger partial charge in [-0.25, -0.2) is 13.2 Å². The Kier molecular flexibility index (Phi) is 7.68. The molecule has 34 heavy (non-hydrogen) atoms. The minimum absolute atomic E-state index is 0.0687. The number of carbonyl (C=O) groups is 1. The highest BCUT2D eigenvalue weighted by Crippen LogP contribution is 2.22. The van der Waals surface area contributed by atoms with Crippen molar-refractivity contribution in [2.24, 2.45) is 0 Å². The van der Waals surface area contributed by atoms with Crippen LogP contribution in [0.3, 0.4) is 0 Å². The third-order valence-corrected chi connectivity index (χ3v) is 7.18. The Hall–Kier alpha value is -3.30. The van der Waals surface area contributed by atoms with Crippen LogP contribution in [0, 0.1) is 11.3 Å². The Morgan fingerprint density at radius 3 is 2.21 bits per heavy atom. The van der Waals surface area contributed by atoms with Crippen LogP contribution in [0.2, 0.25) is 0 Å². The summed E-state index contributed by atoms with van der Waals surface area (Å²) in [6, 6.07) is 12.7. The van der Waals surface area contributed by atoms with Crippen molar-refractivity contribution >= 4 is 16.1 Å². The van der Waals surface area contributed by atoms with E-state index in [0.717, 1.165) is 0 Å². The van der Waals surface area contributed by atoms with Crippen LogP contribution in [0.15, 0.2) is 53.4 Å². The van der Waals surface area contributed by atoms with Crippen molar-refractivity contribution in [3.05, 3.63) is 59.7 Å². The van der Waals surface area contributed by atoms with Gasteiger partial charge in [-0.05, 0) is 48.9 Å². The molecule has 1 saturated heterocycles. The number of amides is 2. The van der Waals surface area contributed by atoms with Gasteiger partial charge >= 0.3 is 12.2 Å². The molecule has 1 atom stereocenters. The van der Waals surface area contributed by atoms with Crippen molar-refractivity contribution in [2.75, 3.05) is 32.8 Å². The van der Waals surface area contributed by atoms with Crippen molar-refractivity contribution in [3.8, 4) is 11.8 Å². The molecule has 1 heterocycles. The second-order valence-corrected chi connectivity index (χ2v) is 9.61. The maximum atomic E-state index is 12.8. The zero-order valence-corrected chi connectivity index (χ0v) is 19.1. The van der Waals surface area contributed by atoms with Crippen LogP contribution >= 0.6 is 0 Å². The lowest BCUT2D eigenvalue weighted by Gasteiger charge is -2.34. The smallest absolute Gasteiger partial charge is 0.422 e. The molecule has 0 bridgehead atoms. The van der Waals surface area contributed by atoms with Crippen molar-refractivity contribution in [3.63, 3.8) is 0 Å². The molecule has 2 aromatic rings. The van der Waals surface area contributed by atoms with Crippen molar-refractivity contribution < 1.29 is 31.1 Å². The molecule has 1 fully saturated rings. The first-order valence-electron chi connectivity index (χ1n) is 10.3. The van der Waals surface area contributed by atoms with Crippen LogP contribution in [0.25, 0.3) is 0 Å². The van der Waals surface area contributed by atoms with E-state index in [1.165, 1.54) is 45.6 Å². The van der Waals surface area contributed by atoms with Crippen LogP contribution in [-0.4, -0.2) is 62.6 Å². The predicted molar refractivity (Wildman–Crippen MR) is 116 cm³/mol. The van der Waals surface area contributed by atoms with Crippen molar-refractivity contribution in [1.29, 1.82) is 5.26 Å². The average Bonchev–Trinajstić information content (AvgIpc) is 2.82. The van der Waals surface area contributed by atoms with Gasteiger partial charge in [0.05, 0.1) is 22.6 Å². The molecule has 12 heteroatoms. The van der Waals surface area contributed by atoms with Gasteiger partial charge in [0.25, 0.3) is 0 Å². The molecular formula is C22H23F3N4O4S. The second kappa shape index (κ2) is 10.3. The van der Waals surface area contributed by atoms with Crippen LogP contribution in [0.5, 0.6) is 5.75 Å². The van der Waals surface area contributed by atoms with Gasteiger partial charge in [-0.2, -0.15) is 22.7 Å². The molecule has 0 aliphatic carbocycles. The molecule has 0 aromatic heterocycles. The Morgan fingerprint density at radius 2 is 1.68 bits per heavy atom. The van der Waals surface area contributed by atoms with Crippen LogP contribution in [0.1, 0.15) is 24.1 Å². The number of hydrogen-bond acceptors (Lipinski definition) is 5. The van der Waals surface area contributed by atoms with Crippen LogP contribution in [-0.2, 0) is 10.0 Å². The molecular weight excluding hydrogens is 473 g/mol. The number of rotatable bonds is 6. The molecule has 1 unspecified atom stereocenters. The van der Waals surface area contributed by atoms with E-state index in [2.05, 4.69) is 10.1 Å². The zero-order chi connectivity index (χ0) is 24.9. The third kappa shape index (κ3) is 6.39. The summed E-state index contributed by atoms with van der Waals surface area (Å²) in [7, 11) is -3.74. The molecule has 8 nitrogen and oxygen atoms in total. The van der Waals surface area contributed by atoms with E-state index in [4.69, 9.17) is 5.26 Å². The first-order valence-corrected chi connectivity index (χ1v) is 11.8. The molecule has 0 saturated carbocycles. The number of alkyl halides is 3. The number of urea groups is 1. The summed E-state index contributed by atoms with van der Waals surface area (Å²) >= 11 is 0. The summed E-state index contributed by atoms with van der Waals surface area (Å²) in [4.78, 5) is 14.2. The maximum absolute atomic E-state index is 12.8. The number of nitrogens with one attached hydrogen (secondary N) is 1. The Morgan fingerprint density at radius 1 is 1.09 bits per heavy atom. The molecule has 0 radical (unpaired) electrons. The van der Waals surface area contributed by atoms with Crippen molar-refractivity contribution in [2.45, 2.75) is 24.0 Å². The fourth-order valence-electron chi connectivity index (χ4n) is 3.36. The number of sulfonamides is 1. The number of ether oxygens (including phenoxy) is 1. The topological polar surface area (TPSA) is 103 Å². The molecule has 0 spiro atoms. The number of nitrogens with zero attached hydrogens (tertiary/aromatic N) is 3. The monoisotopic (exact) mass is 496 g/mol. The van der Waals surface area contributed by atoms with Gasteiger partial charge in [-0.15, -0.1) is 0 Å². The van der Waals surface area contributed by atoms with Gasteiger partial charge in [0.2, 0.25) is 10.0 Å². The van der Waals surface area contributed by atoms with Gasteiger partial charge in [-0.1, -0.05) is 12.1 Å². The highest BCUT2D eigenvalue weighted by atomic mass is 32.2. The van der Waals surface area contributed by atoms with E-state index < -0.39 is 28.8 Å². The average molecular weight is 497 g/mol. The number of hydrogen-bond donors (Lipinski definition) is 1. The summed E-state index contributed by atoms with van der Waals surface area (Å²) in [5.74, 6) is 0.0687. The number of carbonyl (C=O) groups excluding carboxylic acids is 1. The largest absolute Gasteiger partial charge is 0.484 e. The predicted octanol–water partition coefficient (Wildman–Crippen LogP) is 3.28. The summed E-state index contributed by atoms with van der Waals surface area (Å²) in [5.41, 5.74) is 1.03. The van der Waals surface area contributed by atoms with Gasteiger partial charge in [-0.3, -0.25) is 0 Å². The molecule has 3 rings (SSSR count). The van der Waals surface area contributed by atoms with E-state index in [9.17, 15) is 26.4 Å². The highest BCUT2D eigenvalue weighted by Gasteiger charge is 2.31. The van der Waals surface area contributed by atoms with E-state index in [1.54, 1.807) is 19.1 Å². The first kappa shape index (κ1) is 25.3. The normalized spacial score (nSPS) is 15.9. The maximum Gasteiger partial charge on any atom is 0.422 e. The van der Waals surface area contributed by atoms with E-state index >= 15 is 0 Å². The summed E-state index contributed by atoms with van der Waals surface area (Å²) in [5, 5.41) is 11.7. The minimum Gasteiger partial charge on any atom is -0.484 e.